The van der Waals surface area contributed by atoms with E-state index in [0.29, 0.717) is 5.75 Å². The fraction of sp³-hybridized carbons (Fsp3) is 0.167. The number of benzene rings is 1. The van der Waals surface area contributed by atoms with E-state index < -0.39 is 18.0 Å². The molecule has 0 saturated heterocycles. The Bertz CT molecular complexity index is 430. The van der Waals surface area contributed by atoms with Crippen molar-refractivity contribution in [3.63, 3.8) is 0 Å². The van der Waals surface area contributed by atoms with Crippen molar-refractivity contribution < 1.29 is 19.4 Å². The van der Waals surface area contributed by atoms with Crippen molar-refractivity contribution in [3.05, 3.63) is 42.5 Å². The molecule has 98 valence electrons. The minimum atomic E-state index is -1.05. The fourth-order valence-corrected chi connectivity index (χ4v) is 1.19. The summed E-state index contributed by atoms with van der Waals surface area (Å²) in [5, 5.41) is 8.64. The average Bonchev–Trinajstić information content (AvgIpc) is 2.31. The highest BCUT2D eigenvalue weighted by atomic mass is 35.5. The molecule has 0 bridgehead atoms. The standard InChI is InChI=1S/C12H13NO4.ClH/c1-2-11(14)17-9-5-3-8(4-6-9)7-10(13)12(15)16;/h2-6,10H,1,7,13H2,(H,15,16);1H. The highest BCUT2D eigenvalue weighted by Crippen LogP contribution is 2.13. The van der Waals surface area contributed by atoms with Crippen LogP contribution in [0.2, 0.25) is 0 Å². The van der Waals surface area contributed by atoms with Crippen LogP contribution in [-0.4, -0.2) is 23.1 Å². The summed E-state index contributed by atoms with van der Waals surface area (Å²) in [7, 11) is 0. The summed E-state index contributed by atoms with van der Waals surface area (Å²) < 4.78 is 4.87. The van der Waals surface area contributed by atoms with Crippen LogP contribution in [0.15, 0.2) is 36.9 Å². The number of hydrogen-bond donors (Lipinski definition) is 2. The molecule has 1 aromatic rings. The van der Waals surface area contributed by atoms with E-state index in [-0.39, 0.29) is 18.8 Å². The molecule has 1 aromatic carbocycles. The van der Waals surface area contributed by atoms with Crippen molar-refractivity contribution in [2.24, 2.45) is 5.73 Å². The van der Waals surface area contributed by atoms with Crippen LogP contribution in [-0.2, 0) is 16.0 Å². The third-order valence-electron chi connectivity index (χ3n) is 2.08. The van der Waals surface area contributed by atoms with Crippen LogP contribution in [0.5, 0.6) is 5.75 Å². The van der Waals surface area contributed by atoms with Crippen LogP contribution in [0.1, 0.15) is 5.56 Å². The quantitative estimate of drug-likeness (QED) is 0.476. The smallest absolute Gasteiger partial charge is 0.335 e. The number of rotatable bonds is 5. The Morgan fingerprint density at radius 3 is 2.39 bits per heavy atom. The molecule has 6 heteroatoms. The van der Waals surface area contributed by atoms with Crippen LogP contribution in [0.4, 0.5) is 0 Å². The Hall–Kier alpha value is -1.85. The van der Waals surface area contributed by atoms with Gasteiger partial charge >= 0.3 is 11.9 Å². The number of esters is 1. The lowest BCUT2D eigenvalue weighted by Crippen LogP contribution is -2.32. The van der Waals surface area contributed by atoms with E-state index in [2.05, 4.69) is 6.58 Å². The van der Waals surface area contributed by atoms with Gasteiger partial charge in [0.15, 0.2) is 0 Å². The summed E-state index contributed by atoms with van der Waals surface area (Å²) >= 11 is 0. The van der Waals surface area contributed by atoms with E-state index in [0.717, 1.165) is 11.6 Å². The SMILES string of the molecule is C=CC(=O)Oc1ccc(CC(N)C(=O)O)cc1.Cl. The zero-order chi connectivity index (χ0) is 12.8. The van der Waals surface area contributed by atoms with Gasteiger partial charge in [0.1, 0.15) is 11.8 Å². The molecule has 1 unspecified atom stereocenters. The van der Waals surface area contributed by atoms with Crippen molar-refractivity contribution in [1.82, 2.24) is 0 Å². The number of carboxylic acid groups (broad SMARTS) is 1. The maximum Gasteiger partial charge on any atom is 0.335 e. The zero-order valence-electron chi connectivity index (χ0n) is 9.54. The summed E-state index contributed by atoms with van der Waals surface area (Å²) in [6.07, 6.45) is 1.29. The molecule has 1 rings (SSSR count). The summed E-state index contributed by atoms with van der Waals surface area (Å²) in [5.41, 5.74) is 6.15. The Balaban J connectivity index is 0.00000289. The molecular formula is C12H14ClNO4. The summed E-state index contributed by atoms with van der Waals surface area (Å²) in [5.74, 6) is -1.21. The van der Waals surface area contributed by atoms with Gasteiger partial charge in [0.2, 0.25) is 0 Å². The van der Waals surface area contributed by atoms with Gasteiger partial charge in [0.05, 0.1) is 0 Å². The highest BCUT2D eigenvalue weighted by Gasteiger charge is 2.11. The van der Waals surface area contributed by atoms with Gasteiger partial charge in [-0.3, -0.25) is 4.79 Å². The van der Waals surface area contributed by atoms with Gasteiger partial charge in [-0.1, -0.05) is 18.7 Å². The Labute approximate surface area is 111 Å². The molecule has 0 saturated carbocycles. The second-order valence-corrected chi connectivity index (χ2v) is 3.42. The van der Waals surface area contributed by atoms with Gasteiger partial charge in [-0.15, -0.1) is 12.4 Å². The van der Waals surface area contributed by atoms with Crippen molar-refractivity contribution >= 4 is 24.3 Å². The number of aliphatic carboxylic acids is 1. The Kier molecular flexibility index (Phi) is 6.70. The zero-order valence-corrected chi connectivity index (χ0v) is 10.4. The maximum atomic E-state index is 10.9. The molecule has 1 atom stereocenters. The average molecular weight is 272 g/mol. The second-order valence-electron chi connectivity index (χ2n) is 3.42. The van der Waals surface area contributed by atoms with Gasteiger partial charge < -0.3 is 15.6 Å². The lowest BCUT2D eigenvalue weighted by Gasteiger charge is -2.07. The molecule has 3 N–H and O–H groups in total. The minimum Gasteiger partial charge on any atom is -0.480 e. The summed E-state index contributed by atoms with van der Waals surface area (Å²) in [6.45, 7) is 3.28. The molecule has 0 heterocycles. The van der Waals surface area contributed by atoms with Gasteiger partial charge in [-0.25, -0.2) is 4.79 Å². The fourth-order valence-electron chi connectivity index (χ4n) is 1.19. The molecule has 0 radical (unpaired) electrons. The van der Waals surface area contributed by atoms with Crippen molar-refractivity contribution in [3.8, 4) is 5.75 Å². The highest BCUT2D eigenvalue weighted by molar-refractivity contribution is 5.85. The van der Waals surface area contributed by atoms with E-state index in [9.17, 15) is 9.59 Å². The van der Waals surface area contributed by atoms with E-state index >= 15 is 0 Å². The van der Waals surface area contributed by atoms with Gasteiger partial charge in [-0.05, 0) is 24.1 Å². The number of ether oxygens (including phenoxy) is 1. The van der Waals surface area contributed by atoms with Crippen molar-refractivity contribution in [2.75, 3.05) is 0 Å². The predicted octanol–water partition coefficient (Wildman–Crippen LogP) is 1.15. The second kappa shape index (κ2) is 7.47. The lowest BCUT2D eigenvalue weighted by atomic mass is 10.1. The first kappa shape index (κ1) is 16.1. The number of halogens is 1. The third-order valence-corrected chi connectivity index (χ3v) is 2.08. The first-order valence-electron chi connectivity index (χ1n) is 4.94. The monoisotopic (exact) mass is 271 g/mol. The lowest BCUT2D eigenvalue weighted by molar-refractivity contribution is -0.138. The van der Waals surface area contributed by atoms with E-state index in [1.165, 1.54) is 0 Å². The van der Waals surface area contributed by atoms with E-state index in [1.54, 1.807) is 24.3 Å². The van der Waals surface area contributed by atoms with Gasteiger partial charge in [0, 0.05) is 6.08 Å². The van der Waals surface area contributed by atoms with Gasteiger partial charge in [0.25, 0.3) is 0 Å². The molecule has 0 aliphatic rings. The van der Waals surface area contributed by atoms with Crippen LogP contribution >= 0.6 is 12.4 Å². The molecule has 18 heavy (non-hydrogen) atoms. The topological polar surface area (TPSA) is 89.6 Å². The third kappa shape index (κ3) is 4.99. The molecule has 0 aromatic heterocycles. The number of nitrogens with two attached hydrogens (primary N) is 1. The van der Waals surface area contributed by atoms with Crippen molar-refractivity contribution in [1.29, 1.82) is 0 Å². The molecule has 0 fully saturated rings. The molecule has 0 aliphatic heterocycles. The van der Waals surface area contributed by atoms with Crippen LogP contribution in [0, 0.1) is 0 Å². The van der Waals surface area contributed by atoms with E-state index in [1.807, 2.05) is 0 Å². The normalized spacial score (nSPS) is 10.9. The molecule has 0 amide bonds. The number of carbonyl (C=O) groups is 2. The maximum absolute atomic E-state index is 10.9. The summed E-state index contributed by atoms with van der Waals surface area (Å²) in [6, 6.07) is 5.54. The van der Waals surface area contributed by atoms with Crippen molar-refractivity contribution in [2.45, 2.75) is 12.5 Å². The Morgan fingerprint density at radius 2 is 1.94 bits per heavy atom. The largest absolute Gasteiger partial charge is 0.480 e. The van der Waals surface area contributed by atoms with Gasteiger partial charge in [-0.2, -0.15) is 0 Å². The molecular weight excluding hydrogens is 258 g/mol. The molecule has 5 nitrogen and oxygen atoms in total. The van der Waals surface area contributed by atoms with Crippen LogP contribution in [0.25, 0.3) is 0 Å². The van der Waals surface area contributed by atoms with E-state index in [4.69, 9.17) is 15.6 Å². The summed E-state index contributed by atoms with van der Waals surface area (Å²) in [4.78, 5) is 21.4. The predicted molar refractivity (Wildman–Crippen MR) is 68.8 cm³/mol. The molecule has 0 aliphatic carbocycles. The number of carboxylic acids is 1. The van der Waals surface area contributed by atoms with Crippen LogP contribution < -0.4 is 10.5 Å². The first-order valence-corrected chi connectivity index (χ1v) is 4.94. The minimum absolute atomic E-state index is 0. The number of hydrogen-bond acceptors (Lipinski definition) is 4. The van der Waals surface area contributed by atoms with Crippen LogP contribution in [0.3, 0.4) is 0 Å². The molecule has 0 spiro atoms. The number of carbonyl (C=O) groups excluding carboxylic acids is 1. The Morgan fingerprint density at radius 1 is 1.39 bits per heavy atom. The first-order chi connectivity index (χ1) is 8.02.